The molecular formula is C13H22N2O2S2. The summed E-state index contributed by atoms with van der Waals surface area (Å²) in [5.74, 6) is 0.694. The third-order valence-corrected chi connectivity index (χ3v) is 6.65. The average molecular weight is 302 g/mol. The predicted molar refractivity (Wildman–Crippen MR) is 78.6 cm³/mol. The van der Waals surface area contributed by atoms with Crippen molar-refractivity contribution in [1.29, 1.82) is 0 Å². The second kappa shape index (κ2) is 6.83. The molecule has 1 heterocycles. The van der Waals surface area contributed by atoms with E-state index < -0.39 is 10.0 Å². The van der Waals surface area contributed by atoms with Crippen molar-refractivity contribution >= 4 is 21.4 Å². The van der Waals surface area contributed by atoms with Gasteiger partial charge in [0.05, 0.1) is 0 Å². The van der Waals surface area contributed by atoms with Crippen molar-refractivity contribution in [1.82, 2.24) is 4.72 Å². The summed E-state index contributed by atoms with van der Waals surface area (Å²) >= 11 is 1.24. The summed E-state index contributed by atoms with van der Waals surface area (Å²) in [5.41, 5.74) is 6.37. The Labute approximate surface area is 119 Å². The van der Waals surface area contributed by atoms with Crippen LogP contribution in [0.1, 0.15) is 44.1 Å². The number of sulfonamides is 1. The molecule has 19 heavy (non-hydrogen) atoms. The maximum absolute atomic E-state index is 12.1. The van der Waals surface area contributed by atoms with Crippen LogP contribution in [-0.2, 0) is 16.6 Å². The number of nitrogens with two attached hydrogens (primary N) is 1. The zero-order chi connectivity index (χ0) is 13.7. The van der Waals surface area contributed by atoms with E-state index >= 15 is 0 Å². The molecule has 1 aliphatic rings. The Bertz CT molecular complexity index is 490. The lowest BCUT2D eigenvalue weighted by atomic mass is 9.87. The molecule has 1 aromatic rings. The van der Waals surface area contributed by atoms with Crippen molar-refractivity contribution in [2.45, 2.75) is 49.3 Å². The monoisotopic (exact) mass is 302 g/mol. The molecule has 1 aliphatic carbocycles. The Morgan fingerprint density at radius 1 is 1.32 bits per heavy atom. The molecule has 1 aromatic heterocycles. The maximum atomic E-state index is 12.1. The Morgan fingerprint density at radius 2 is 2.05 bits per heavy atom. The van der Waals surface area contributed by atoms with E-state index in [1.54, 1.807) is 11.4 Å². The molecule has 3 N–H and O–H groups in total. The highest BCUT2D eigenvalue weighted by atomic mass is 32.2. The average Bonchev–Trinajstić information content (AvgIpc) is 2.89. The van der Waals surface area contributed by atoms with Crippen LogP contribution >= 0.6 is 11.3 Å². The highest BCUT2D eigenvalue weighted by Gasteiger charge is 2.18. The highest BCUT2D eigenvalue weighted by molar-refractivity contribution is 7.91. The van der Waals surface area contributed by atoms with Crippen LogP contribution in [0.3, 0.4) is 0 Å². The maximum Gasteiger partial charge on any atom is 0.250 e. The number of hydrogen-bond donors (Lipinski definition) is 2. The van der Waals surface area contributed by atoms with Gasteiger partial charge < -0.3 is 5.73 Å². The fourth-order valence-electron chi connectivity index (χ4n) is 2.55. The van der Waals surface area contributed by atoms with Crippen LogP contribution in [0.2, 0.25) is 0 Å². The fourth-order valence-corrected chi connectivity index (χ4v) is 4.86. The first-order chi connectivity index (χ1) is 9.12. The number of rotatable bonds is 6. The van der Waals surface area contributed by atoms with Gasteiger partial charge in [-0.05, 0) is 29.3 Å². The summed E-state index contributed by atoms with van der Waals surface area (Å²) in [4.78, 5) is 0. The molecule has 6 heteroatoms. The summed E-state index contributed by atoms with van der Waals surface area (Å²) < 4.78 is 27.2. The standard InChI is InChI=1S/C13H22N2O2S2/c14-9-12-8-13(18-10-12)19(16,17)15-7-6-11-4-2-1-3-5-11/h8,10-11,15H,1-7,9,14H2. The third-order valence-electron chi connectivity index (χ3n) is 3.70. The summed E-state index contributed by atoms with van der Waals surface area (Å²) in [6, 6.07) is 1.66. The van der Waals surface area contributed by atoms with Crippen LogP contribution in [0, 0.1) is 5.92 Å². The first-order valence-electron chi connectivity index (χ1n) is 6.89. The molecule has 0 amide bonds. The fraction of sp³-hybridized carbons (Fsp3) is 0.692. The van der Waals surface area contributed by atoms with Gasteiger partial charge in [0.25, 0.3) is 0 Å². The first kappa shape index (κ1) is 15.0. The molecule has 0 atom stereocenters. The normalized spacial score (nSPS) is 17.7. The van der Waals surface area contributed by atoms with Gasteiger partial charge in [0, 0.05) is 13.1 Å². The van der Waals surface area contributed by atoms with E-state index in [0.29, 0.717) is 23.2 Å². The van der Waals surface area contributed by atoms with Crippen molar-refractivity contribution < 1.29 is 8.42 Å². The molecule has 0 unspecified atom stereocenters. The number of hydrogen-bond acceptors (Lipinski definition) is 4. The van der Waals surface area contributed by atoms with E-state index in [9.17, 15) is 8.42 Å². The molecule has 0 saturated heterocycles. The minimum absolute atomic E-state index is 0.372. The van der Waals surface area contributed by atoms with E-state index in [4.69, 9.17) is 5.73 Å². The highest BCUT2D eigenvalue weighted by Crippen LogP contribution is 2.26. The van der Waals surface area contributed by atoms with Crippen LogP contribution in [-0.4, -0.2) is 15.0 Å². The van der Waals surface area contributed by atoms with Crippen molar-refractivity contribution in [2.75, 3.05) is 6.54 Å². The smallest absolute Gasteiger partial charge is 0.250 e. The molecule has 0 aliphatic heterocycles. The van der Waals surface area contributed by atoms with E-state index in [1.807, 2.05) is 0 Å². The zero-order valence-corrected chi connectivity index (χ0v) is 12.7. The van der Waals surface area contributed by atoms with E-state index in [2.05, 4.69) is 4.72 Å². The van der Waals surface area contributed by atoms with Crippen molar-refractivity contribution in [2.24, 2.45) is 11.7 Å². The molecule has 1 saturated carbocycles. The van der Waals surface area contributed by atoms with Gasteiger partial charge >= 0.3 is 0 Å². The van der Waals surface area contributed by atoms with Crippen LogP contribution in [0.25, 0.3) is 0 Å². The molecule has 0 aromatic carbocycles. The predicted octanol–water partition coefficient (Wildman–Crippen LogP) is 2.46. The van der Waals surface area contributed by atoms with Gasteiger partial charge in [-0.25, -0.2) is 13.1 Å². The van der Waals surface area contributed by atoms with Crippen LogP contribution < -0.4 is 10.5 Å². The van der Waals surface area contributed by atoms with Crippen molar-refractivity contribution in [3.05, 3.63) is 17.0 Å². The third kappa shape index (κ3) is 4.27. The summed E-state index contributed by atoms with van der Waals surface area (Å²) in [6.07, 6.45) is 7.37. The largest absolute Gasteiger partial charge is 0.326 e. The van der Waals surface area contributed by atoms with Gasteiger partial charge in [0.15, 0.2) is 0 Å². The van der Waals surface area contributed by atoms with Gasteiger partial charge in [0.1, 0.15) is 4.21 Å². The molecule has 0 spiro atoms. The van der Waals surface area contributed by atoms with Gasteiger partial charge in [-0.2, -0.15) is 0 Å². The van der Waals surface area contributed by atoms with Crippen molar-refractivity contribution in [3.8, 4) is 0 Å². The lowest BCUT2D eigenvalue weighted by Gasteiger charge is -2.21. The Balaban J connectivity index is 1.83. The van der Waals surface area contributed by atoms with E-state index in [1.165, 1.54) is 43.4 Å². The summed E-state index contributed by atoms with van der Waals surface area (Å²) in [6.45, 7) is 0.928. The second-order valence-corrected chi connectivity index (χ2v) is 8.07. The minimum Gasteiger partial charge on any atom is -0.326 e. The van der Waals surface area contributed by atoms with E-state index in [-0.39, 0.29) is 0 Å². The zero-order valence-electron chi connectivity index (χ0n) is 11.1. The molecule has 0 radical (unpaired) electrons. The van der Waals surface area contributed by atoms with Gasteiger partial charge in [-0.15, -0.1) is 11.3 Å². The SMILES string of the molecule is NCc1csc(S(=O)(=O)NCCC2CCCCC2)c1. The van der Waals surface area contributed by atoms with Gasteiger partial charge in [-0.3, -0.25) is 0 Å². The van der Waals surface area contributed by atoms with Crippen LogP contribution in [0.4, 0.5) is 0 Å². The second-order valence-electron chi connectivity index (χ2n) is 5.17. The van der Waals surface area contributed by atoms with Crippen LogP contribution in [0.5, 0.6) is 0 Å². The summed E-state index contributed by atoms with van der Waals surface area (Å²) in [7, 11) is -3.34. The summed E-state index contributed by atoms with van der Waals surface area (Å²) in [5, 5.41) is 1.80. The lowest BCUT2D eigenvalue weighted by Crippen LogP contribution is -2.26. The topological polar surface area (TPSA) is 72.2 Å². The minimum atomic E-state index is -3.34. The first-order valence-corrected chi connectivity index (χ1v) is 9.25. The lowest BCUT2D eigenvalue weighted by molar-refractivity contribution is 0.340. The molecule has 2 rings (SSSR count). The number of nitrogens with one attached hydrogen (secondary N) is 1. The Morgan fingerprint density at radius 3 is 2.68 bits per heavy atom. The number of thiophene rings is 1. The Kier molecular flexibility index (Phi) is 5.38. The molecule has 4 nitrogen and oxygen atoms in total. The molecular weight excluding hydrogens is 280 g/mol. The molecule has 0 bridgehead atoms. The van der Waals surface area contributed by atoms with Crippen LogP contribution in [0.15, 0.2) is 15.7 Å². The van der Waals surface area contributed by atoms with E-state index in [0.717, 1.165) is 12.0 Å². The van der Waals surface area contributed by atoms with Gasteiger partial charge in [-0.1, -0.05) is 32.1 Å². The van der Waals surface area contributed by atoms with Gasteiger partial charge in [0.2, 0.25) is 10.0 Å². The van der Waals surface area contributed by atoms with Crippen molar-refractivity contribution in [3.63, 3.8) is 0 Å². The molecule has 108 valence electrons. The quantitative estimate of drug-likeness (QED) is 0.848. The molecule has 1 fully saturated rings. The Hall–Kier alpha value is -0.430.